The molecule has 1 fully saturated rings. The number of rotatable bonds is 3. The van der Waals surface area contributed by atoms with Crippen LogP contribution in [0.3, 0.4) is 0 Å². The molecule has 18 heavy (non-hydrogen) atoms. The summed E-state index contributed by atoms with van der Waals surface area (Å²) in [6, 6.07) is 0.217. The number of piperidine rings is 1. The van der Waals surface area contributed by atoms with Gasteiger partial charge in [0.15, 0.2) is 0 Å². The van der Waals surface area contributed by atoms with Crippen LogP contribution in [0.1, 0.15) is 54.4 Å². The second-order valence-electron chi connectivity index (χ2n) is 7.56. The third kappa shape index (κ3) is 3.95. The van der Waals surface area contributed by atoms with E-state index < -0.39 is 5.41 Å². The second kappa shape index (κ2) is 4.82. The number of carbonyl (C=O) groups excluding carboxylic acids is 1. The van der Waals surface area contributed by atoms with Gasteiger partial charge in [0, 0.05) is 23.7 Å². The van der Waals surface area contributed by atoms with E-state index in [0.29, 0.717) is 6.54 Å². The van der Waals surface area contributed by atoms with Gasteiger partial charge in [0.2, 0.25) is 5.91 Å². The van der Waals surface area contributed by atoms with Gasteiger partial charge in [0.05, 0.1) is 5.41 Å². The van der Waals surface area contributed by atoms with Gasteiger partial charge in [-0.25, -0.2) is 0 Å². The van der Waals surface area contributed by atoms with Gasteiger partial charge < -0.3 is 16.4 Å². The van der Waals surface area contributed by atoms with Gasteiger partial charge >= 0.3 is 0 Å². The molecular formula is C14H29N3O. The average molecular weight is 255 g/mol. The van der Waals surface area contributed by atoms with Crippen molar-refractivity contribution < 1.29 is 4.79 Å². The SMILES string of the molecule is CC1(C)CC(NC(=O)C(C)(C)CN)CC(C)(C)N1. The van der Waals surface area contributed by atoms with Crippen LogP contribution in [0.15, 0.2) is 0 Å². The van der Waals surface area contributed by atoms with Gasteiger partial charge in [-0.15, -0.1) is 0 Å². The lowest BCUT2D eigenvalue weighted by Crippen LogP contribution is -2.63. The first kappa shape index (κ1) is 15.4. The fourth-order valence-electron chi connectivity index (χ4n) is 2.90. The fourth-order valence-corrected chi connectivity index (χ4v) is 2.90. The summed E-state index contributed by atoms with van der Waals surface area (Å²) in [6.07, 6.45) is 1.89. The molecule has 4 N–H and O–H groups in total. The first-order valence-electron chi connectivity index (χ1n) is 6.78. The van der Waals surface area contributed by atoms with E-state index in [-0.39, 0.29) is 23.0 Å². The van der Waals surface area contributed by atoms with Crippen molar-refractivity contribution in [2.24, 2.45) is 11.1 Å². The highest BCUT2D eigenvalue weighted by Gasteiger charge is 2.39. The fraction of sp³-hybridized carbons (Fsp3) is 0.929. The highest BCUT2D eigenvalue weighted by Crippen LogP contribution is 2.29. The normalized spacial score (nSPS) is 23.7. The monoisotopic (exact) mass is 255 g/mol. The number of nitrogens with two attached hydrogens (primary N) is 1. The molecule has 0 spiro atoms. The topological polar surface area (TPSA) is 67.2 Å². The van der Waals surface area contributed by atoms with E-state index in [2.05, 4.69) is 38.3 Å². The van der Waals surface area contributed by atoms with Crippen molar-refractivity contribution in [3.8, 4) is 0 Å². The van der Waals surface area contributed by atoms with Crippen molar-refractivity contribution in [2.75, 3.05) is 6.54 Å². The molecule has 0 atom stereocenters. The molecule has 106 valence electrons. The Balaban J connectivity index is 2.71. The van der Waals surface area contributed by atoms with Gasteiger partial charge in [-0.05, 0) is 54.4 Å². The smallest absolute Gasteiger partial charge is 0.227 e. The first-order chi connectivity index (χ1) is 7.97. The minimum atomic E-state index is -0.487. The summed E-state index contributed by atoms with van der Waals surface area (Å²) >= 11 is 0. The maximum Gasteiger partial charge on any atom is 0.227 e. The molecule has 4 nitrogen and oxygen atoms in total. The molecule has 1 saturated heterocycles. The van der Waals surface area contributed by atoms with Crippen LogP contribution in [-0.2, 0) is 4.79 Å². The molecule has 1 heterocycles. The number of nitrogens with one attached hydrogen (secondary N) is 2. The summed E-state index contributed by atoms with van der Waals surface area (Å²) in [6.45, 7) is 12.9. The Bertz CT molecular complexity index is 305. The average Bonchev–Trinajstić information content (AvgIpc) is 2.12. The molecular weight excluding hydrogens is 226 g/mol. The zero-order valence-corrected chi connectivity index (χ0v) is 12.7. The third-order valence-corrected chi connectivity index (χ3v) is 3.65. The highest BCUT2D eigenvalue weighted by molar-refractivity contribution is 5.82. The lowest BCUT2D eigenvalue weighted by Gasteiger charge is -2.47. The Hall–Kier alpha value is -0.610. The number of hydrogen-bond donors (Lipinski definition) is 3. The molecule has 0 aromatic heterocycles. The summed E-state index contributed by atoms with van der Waals surface area (Å²) in [5, 5.41) is 6.77. The van der Waals surface area contributed by atoms with E-state index in [4.69, 9.17) is 5.73 Å². The number of amides is 1. The van der Waals surface area contributed by atoms with Gasteiger partial charge in [-0.1, -0.05) is 0 Å². The molecule has 1 aliphatic heterocycles. The summed E-state index contributed by atoms with van der Waals surface area (Å²) in [5.74, 6) is 0.0588. The minimum absolute atomic E-state index is 0.0482. The van der Waals surface area contributed by atoms with Crippen LogP contribution < -0.4 is 16.4 Å². The summed E-state index contributed by atoms with van der Waals surface area (Å²) < 4.78 is 0. The predicted molar refractivity (Wildman–Crippen MR) is 75.3 cm³/mol. The predicted octanol–water partition coefficient (Wildman–Crippen LogP) is 1.40. The molecule has 4 heteroatoms. The summed E-state index contributed by atoms with van der Waals surface area (Å²) in [7, 11) is 0. The molecule has 0 aromatic carbocycles. The van der Waals surface area contributed by atoms with Crippen LogP contribution in [0.2, 0.25) is 0 Å². The van der Waals surface area contributed by atoms with Crippen molar-refractivity contribution in [1.82, 2.24) is 10.6 Å². The van der Waals surface area contributed by atoms with E-state index in [9.17, 15) is 4.79 Å². The number of hydrogen-bond acceptors (Lipinski definition) is 3. The summed E-state index contributed by atoms with van der Waals surface area (Å²) in [5.41, 5.74) is 5.26. The van der Waals surface area contributed by atoms with Crippen molar-refractivity contribution >= 4 is 5.91 Å². The van der Waals surface area contributed by atoms with E-state index in [1.165, 1.54) is 0 Å². The molecule has 0 saturated carbocycles. The second-order valence-corrected chi connectivity index (χ2v) is 7.56. The third-order valence-electron chi connectivity index (χ3n) is 3.65. The van der Waals surface area contributed by atoms with E-state index in [1.54, 1.807) is 0 Å². The Kier molecular flexibility index (Phi) is 4.13. The van der Waals surface area contributed by atoms with Crippen molar-refractivity contribution in [3.05, 3.63) is 0 Å². The van der Waals surface area contributed by atoms with Crippen LogP contribution in [-0.4, -0.2) is 29.6 Å². The van der Waals surface area contributed by atoms with Crippen LogP contribution >= 0.6 is 0 Å². The van der Waals surface area contributed by atoms with Gasteiger partial charge in [0.1, 0.15) is 0 Å². The minimum Gasteiger partial charge on any atom is -0.353 e. The van der Waals surface area contributed by atoms with Crippen LogP contribution in [0.4, 0.5) is 0 Å². The van der Waals surface area contributed by atoms with Crippen LogP contribution in [0, 0.1) is 5.41 Å². The summed E-state index contributed by atoms with van der Waals surface area (Å²) in [4.78, 5) is 12.2. The van der Waals surface area contributed by atoms with Crippen LogP contribution in [0.5, 0.6) is 0 Å². The maximum absolute atomic E-state index is 12.2. The molecule has 0 unspecified atom stereocenters. The highest BCUT2D eigenvalue weighted by atomic mass is 16.2. The zero-order chi connectivity index (χ0) is 14.2. The maximum atomic E-state index is 12.2. The van der Waals surface area contributed by atoms with E-state index >= 15 is 0 Å². The van der Waals surface area contributed by atoms with Crippen molar-refractivity contribution in [1.29, 1.82) is 0 Å². The lowest BCUT2D eigenvalue weighted by molar-refractivity contribution is -0.130. The lowest BCUT2D eigenvalue weighted by atomic mass is 9.79. The van der Waals surface area contributed by atoms with E-state index in [0.717, 1.165) is 12.8 Å². The molecule has 0 aliphatic carbocycles. The molecule has 1 rings (SSSR count). The largest absolute Gasteiger partial charge is 0.353 e. The molecule has 0 aromatic rings. The zero-order valence-electron chi connectivity index (χ0n) is 12.7. The molecule has 1 amide bonds. The van der Waals surface area contributed by atoms with Crippen molar-refractivity contribution in [3.63, 3.8) is 0 Å². The van der Waals surface area contributed by atoms with Crippen molar-refractivity contribution in [2.45, 2.75) is 71.5 Å². The first-order valence-corrected chi connectivity index (χ1v) is 6.78. The van der Waals surface area contributed by atoms with Crippen LogP contribution in [0.25, 0.3) is 0 Å². The Morgan fingerprint density at radius 1 is 1.28 bits per heavy atom. The van der Waals surface area contributed by atoms with E-state index in [1.807, 2.05) is 13.8 Å². The Morgan fingerprint density at radius 2 is 1.72 bits per heavy atom. The Morgan fingerprint density at radius 3 is 2.11 bits per heavy atom. The quantitative estimate of drug-likeness (QED) is 0.714. The Labute approximate surface area is 111 Å². The van der Waals surface area contributed by atoms with Gasteiger partial charge in [-0.2, -0.15) is 0 Å². The molecule has 0 radical (unpaired) electrons. The van der Waals surface area contributed by atoms with Gasteiger partial charge in [-0.3, -0.25) is 4.79 Å². The number of carbonyl (C=O) groups is 1. The molecule has 1 aliphatic rings. The standard InChI is InChI=1S/C14H29N3O/c1-12(2,9-15)11(18)16-10-7-13(3,4)17-14(5,6)8-10/h10,17H,7-9,15H2,1-6H3,(H,16,18). The van der Waals surface area contributed by atoms with Gasteiger partial charge in [0.25, 0.3) is 0 Å². The molecule has 0 bridgehead atoms.